The Morgan fingerprint density at radius 1 is 1.44 bits per heavy atom. The van der Waals surface area contributed by atoms with Crippen LogP contribution in [0.15, 0.2) is 18.2 Å². The van der Waals surface area contributed by atoms with Gasteiger partial charge in [-0.1, -0.05) is 26.3 Å². The highest BCUT2D eigenvalue weighted by Crippen LogP contribution is 2.35. The number of hydrogen-bond donors (Lipinski definition) is 2. The largest absolute Gasteiger partial charge is 0.382 e. The van der Waals surface area contributed by atoms with Crippen molar-refractivity contribution in [2.75, 3.05) is 18.0 Å². The molecule has 1 aliphatic rings. The average molecular weight is 246 g/mol. The van der Waals surface area contributed by atoms with Crippen molar-refractivity contribution in [2.24, 2.45) is 11.1 Å². The Morgan fingerprint density at radius 2 is 2.11 bits per heavy atom. The van der Waals surface area contributed by atoms with Gasteiger partial charge >= 0.3 is 0 Å². The van der Waals surface area contributed by atoms with Gasteiger partial charge in [-0.3, -0.25) is 5.41 Å². The minimum Gasteiger partial charge on any atom is -0.382 e. The van der Waals surface area contributed by atoms with Gasteiger partial charge in [0.25, 0.3) is 0 Å². The van der Waals surface area contributed by atoms with Gasteiger partial charge in [0.1, 0.15) is 17.3 Å². The summed E-state index contributed by atoms with van der Waals surface area (Å²) in [6, 6.07) is 5.71. The van der Waals surface area contributed by atoms with Crippen LogP contribution in [0.3, 0.4) is 0 Å². The van der Waals surface area contributed by atoms with Gasteiger partial charge in [0.05, 0.1) is 0 Å². The van der Waals surface area contributed by atoms with Gasteiger partial charge in [0, 0.05) is 13.1 Å². The van der Waals surface area contributed by atoms with Crippen LogP contribution in [-0.2, 0) is 0 Å². The van der Waals surface area contributed by atoms with E-state index in [9.17, 15) is 0 Å². The lowest BCUT2D eigenvalue weighted by atomic mass is 9.78. The van der Waals surface area contributed by atoms with Gasteiger partial charge in [-0.25, -0.2) is 4.98 Å². The molecule has 2 rings (SSSR count). The lowest BCUT2D eigenvalue weighted by molar-refractivity contribution is 0.238. The molecular weight excluding hydrogens is 224 g/mol. The maximum absolute atomic E-state index is 7.44. The van der Waals surface area contributed by atoms with Crippen molar-refractivity contribution < 1.29 is 0 Å². The van der Waals surface area contributed by atoms with Crippen LogP contribution in [0.1, 0.15) is 38.8 Å². The number of aromatic nitrogens is 1. The van der Waals surface area contributed by atoms with E-state index in [1.807, 2.05) is 12.1 Å². The van der Waals surface area contributed by atoms with E-state index in [0.29, 0.717) is 11.1 Å². The summed E-state index contributed by atoms with van der Waals surface area (Å²) in [4.78, 5) is 6.74. The number of hydrogen-bond acceptors (Lipinski definition) is 3. The molecule has 0 saturated carbocycles. The Bertz CT molecular complexity index is 433. The van der Waals surface area contributed by atoms with Crippen molar-refractivity contribution in [3.63, 3.8) is 0 Å². The first kappa shape index (κ1) is 12.9. The molecule has 0 aromatic carbocycles. The second-order valence-corrected chi connectivity index (χ2v) is 5.45. The quantitative estimate of drug-likeness (QED) is 0.635. The summed E-state index contributed by atoms with van der Waals surface area (Å²) >= 11 is 0. The summed E-state index contributed by atoms with van der Waals surface area (Å²) in [5.74, 6) is 0.980. The SMILES string of the molecule is CCC1(C)CCN(c2cccc(C(=N)N)n2)CC1. The molecule has 1 aliphatic heterocycles. The van der Waals surface area contributed by atoms with Gasteiger partial charge in [-0.2, -0.15) is 0 Å². The summed E-state index contributed by atoms with van der Waals surface area (Å²) in [5, 5.41) is 7.44. The first-order valence-electron chi connectivity index (χ1n) is 6.60. The van der Waals surface area contributed by atoms with E-state index in [1.54, 1.807) is 6.07 Å². The van der Waals surface area contributed by atoms with Crippen molar-refractivity contribution in [1.29, 1.82) is 5.41 Å². The Morgan fingerprint density at radius 3 is 2.67 bits per heavy atom. The molecule has 18 heavy (non-hydrogen) atoms. The van der Waals surface area contributed by atoms with Crippen molar-refractivity contribution in [3.05, 3.63) is 23.9 Å². The summed E-state index contributed by atoms with van der Waals surface area (Å²) < 4.78 is 0. The van der Waals surface area contributed by atoms with Crippen LogP contribution in [0.4, 0.5) is 5.82 Å². The van der Waals surface area contributed by atoms with Crippen molar-refractivity contribution >= 4 is 11.7 Å². The van der Waals surface area contributed by atoms with Crippen LogP contribution < -0.4 is 10.6 Å². The molecule has 3 N–H and O–H groups in total. The normalized spacial score (nSPS) is 18.7. The van der Waals surface area contributed by atoms with E-state index in [-0.39, 0.29) is 5.84 Å². The maximum atomic E-state index is 7.44. The van der Waals surface area contributed by atoms with Gasteiger partial charge in [0.2, 0.25) is 0 Å². The number of nitrogens with zero attached hydrogens (tertiary/aromatic N) is 2. The Kier molecular flexibility index (Phi) is 3.55. The van der Waals surface area contributed by atoms with Crippen LogP contribution in [0.25, 0.3) is 0 Å². The van der Waals surface area contributed by atoms with Crippen LogP contribution in [0, 0.1) is 10.8 Å². The zero-order valence-corrected chi connectivity index (χ0v) is 11.2. The third-order valence-electron chi connectivity index (χ3n) is 4.16. The Hall–Kier alpha value is -1.58. The minimum absolute atomic E-state index is 0.0345. The highest BCUT2D eigenvalue weighted by Gasteiger charge is 2.28. The third kappa shape index (κ3) is 2.63. The zero-order valence-electron chi connectivity index (χ0n) is 11.2. The second kappa shape index (κ2) is 4.96. The number of nitrogen functional groups attached to an aromatic ring is 1. The van der Waals surface area contributed by atoms with Crippen LogP contribution >= 0.6 is 0 Å². The number of amidine groups is 1. The molecular formula is C14H22N4. The van der Waals surface area contributed by atoms with Crippen LogP contribution in [-0.4, -0.2) is 23.9 Å². The summed E-state index contributed by atoms with van der Waals surface area (Å²) in [6.07, 6.45) is 3.65. The van der Waals surface area contributed by atoms with Gasteiger partial charge in [0.15, 0.2) is 0 Å². The Balaban J connectivity index is 2.10. The predicted molar refractivity (Wildman–Crippen MR) is 75.1 cm³/mol. The number of pyridine rings is 1. The van der Waals surface area contributed by atoms with E-state index >= 15 is 0 Å². The van der Waals surface area contributed by atoms with E-state index in [2.05, 4.69) is 23.7 Å². The second-order valence-electron chi connectivity index (χ2n) is 5.45. The zero-order chi connectivity index (χ0) is 13.2. The van der Waals surface area contributed by atoms with Crippen LogP contribution in [0.2, 0.25) is 0 Å². The highest BCUT2D eigenvalue weighted by molar-refractivity contribution is 5.93. The lowest BCUT2D eigenvalue weighted by Gasteiger charge is -2.39. The first-order chi connectivity index (χ1) is 8.54. The fourth-order valence-corrected chi connectivity index (χ4v) is 2.38. The number of anilines is 1. The lowest BCUT2D eigenvalue weighted by Crippen LogP contribution is -2.39. The first-order valence-corrected chi connectivity index (χ1v) is 6.60. The highest BCUT2D eigenvalue weighted by atomic mass is 15.2. The molecule has 1 fully saturated rings. The van der Waals surface area contributed by atoms with Crippen molar-refractivity contribution in [2.45, 2.75) is 33.1 Å². The fourth-order valence-electron chi connectivity index (χ4n) is 2.38. The fraction of sp³-hybridized carbons (Fsp3) is 0.571. The minimum atomic E-state index is 0.0345. The summed E-state index contributed by atoms with van der Waals surface area (Å²) in [7, 11) is 0. The third-order valence-corrected chi connectivity index (χ3v) is 4.16. The van der Waals surface area contributed by atoms with Gasteiger partial charge in [-0.15, -0.1) is 0 Å². The van der Waals surface area contributed by atoms with E-state index in [4.69, 9.17) is 11.1 Å². The molecule has 1 aromatic rings. The molecule has 0 bridgehead atoms. The molecule has 1 saturated heterocycles. The molecule has 0 spiro atoms. The molecule has 0 radical (unpaired) electrons. The molecule has 0 amide bonds. The molecule has 4 nitrogen and oxygen atoms in total. The van der Waals surface area contributed by atoms with Crippen molar-refractivity contribution in [3.8, 4) is 0 Å². The number of piperidine rings is 1. The maximum Gasteiger partial charge on any atom is 0.141 e. The standard InChI is InChI=1S/C14H22N4/c1-3-14(2)7-9-18(10-8-14)12-6-4-5-11(17-12)13(15)16/h4-6H,3,7-10H2,1-2H3,(H3,15,16). The molecule has 98 valence electrons. The number of nitrogens with two attached hydrogens (primary N) is 1. The molecule has 0 aliphatic carbocycles. The average Bonchev–Trinajstić information content (AvgIpc) is 2.40. The van der Waals surface area contributed by atoms with Gasteiger partial charge < -0.3 is 10.6 Å². The Labute approximate surface area is 109 Å². The topological polar surface area (TPSA) is 66.0 Å². The summed E-state index contributed by atoms with van der Waals surface area (Å²) in [5.41, 5.74) is 6.53. The van der Waals surface area contributed by atoms with E-state index in [0.717, 1.165) is 18.9 Å². The van der Waals surface area contributed by atoms with Gasteiger partial charge in [-0.05, 0) is 30.4 Å². The molecule has 1 aromatic heterocycles. The molecule has 0 atom stereocenters. The monoisotopic (exact) mass is 246 g/mol. The molecule has 4 heteroatoms. The van der Waals surface area contributed by atoms with E-state index in [1.165, 1.54) is 19.3 Å². The van der Waals surface area contributed by atoms with Crippen molar-refractivity contribution in [1.82, 2.24) is 4.98 Å². The van der Waals surface area contributed by atoms with Crippen LogP contribution in [0.5, 0.6) is 0 Å². The molecule has 0 unspecified atom stereocenters. The van der Waals surface area contributed by atoms with E-state index < -0.39 is 0 Å². The number of rotatable bonds is 3. The smallest absolute Gasteiger partial charge is 0.141 e. The summed E-state index contributed by atoms with van der Waals surface area (Å²) in [6.45, 7) is 6.71. The predicted octanol–water partition coefficient (Wildman–Crippen LogP) is 2.38. The number of nitrogens with one attached hydrogen (secondary N) is 1. The molecule has 2 heterocycles.